The van der Waals surface area contributed by atoms with Gasteiger partial charge in [0, 0.05) is 0 Å². The third-order valence-electron chi connectivity index (χ3n) is 5.87. The molecule has 3 rings (SSSR count). The molecule has 0 saturated carbocycles. The summed E-state index contributed by atoms with van der Waals surface area (Å²) in [4.78, 5) is 49.0. The number of ether oxygens (including phenoxy) is 3. The van der Waals surface area contributed by atoms with E-state index in [0.29, 0.717) is 0 Å². The lowest BCUT2D eigenvalue weighted by Gasteiger charge is -2.43. The molecule has 0 aromatic heterocycles. The Labute approximate surface area is 302 Å². The number of aliphatic hydroxyl groups is 2. The van der Waals surface area contributed by atoms with E-state index in [1.807, 2.05) is 20.8 Å². The number of carbonyl (C=O) groups excluding carboxylic acids is 4. The highest BCUT2D eigenvalue weighted by Crippen LogP contribution is 2.24. The third-order valence-corrected chi connectivity index (χ3v) is 7.61. The minimum atomic E-state index is -1.49. The summed E-state index contributed by atoms with van der Waals surface area (Å²) in [7, 11) is -2.60. The lowest BCUT2D eigenvalue weighted by atomic mass is 9.96. The van der Waals surface area contributed by atoms with Crippen molar-refractivity contribution in [3.8, 4) is 35.8 Å². The molecule has 0 atom stereocenters. The van der Waals surface area contributed by atoms with E-state index in [0.717, 1.165) is 0 Å². The first kappa shape index (κ1) is 46.5. The largest absolute Gasteiger partial charge is 0.444 e. The second kappa shape index (κ2) is 17.2. The Morgan fingerprint density at radius 2 is 0.940 bits per heavy atom. The van der Waals surface area contributed by atoms with E-state index in [2.05, 4.69) is 62.2 Å². The van der Waals surface area contributed by atoms with Crippen LogP contribution in [-0.4, -0.2) is 132 Å². The van der Waals surface area contributed by atoms with Crippen molar-refractivity contribution in [2.24, 2.45) is 0 Å². The number of Topliss-reactive ketones (excluding diaryl/α,β-unsaturated/α-hetero) is 1. The molecule has 0 unspecified atom stereocenters. The van der Waals surface area contributed by atoms with Crippen molar-refractivity contribution in [2.45, 2.75) is 130 Å². The molecular formula is C36H61N3O9Si2. The van der Waals surface area contributed by atoms with Crippen LogP contribution in [0, 0.1) is 35.8 Å². The van der Waals surface area contributed by atoms with Crippen molar-refractivity contribution >= 4 is 40.2 Å². The highest BCUT2D eigenvalue weighted by Gasteiger charge is 2.45. The maximum atomic E-state index is 11.7. The second-order valence-electron chi connectivity index (χ2n) is 17.6. The quantitative estimate of drug-likeness (QED) is 0.205. The zero-order chi connectivity index (χ0) is 39.7. The molecule has 12 nitrogen and oxygen atoms in total. The average molecular weight is 736 g/mol. The summed E-state index contributed by atoms with van der Waals surface area (Å²) in [5, 5.41) is 19.5. The van der Waals surface area contributed by atoms with Gasteiger partial charge in [-0.25, -0.2) is 14.4 Å². The average Bonchev–Trinajstić information content (AvgIpc) is 2.83. The molecule has 3 heterocycles. The summed E-state index contributed by atoms with van der Waals surface area (Å²) >= 11 is 0. The molecule has 0 spiro atoms. The van der Waals surface area contributed by atoms with Gasteiger partial charge in [0.2, 0.25) is 0 Å². The van der Waals surface area contributed by atoms with E-state index in [1.165, 1.54) is 14.7 Å². The zero-order valence-corrected chi connectivity index (χ0v) is 35.0. The fraction of sp³-hybridized carbons (Fsp3) is 0.722. The SMILES string of the molecule is C#CC1(O)CN(C(=O)OC(C)(C)C)C1.C#C[Si](C)(C)C.CC(C)(C)OC(=O)N1CC(=O)C1.CC(C)(C)OC(=O)N1CC(O)(C#C[Si](C)(C)C)C1. The van der Waals surface area contributed by atoms with Crippen LogP contribution in [-0.2, 0) is 19.0 Å². The van der Waals surface area contributed by atoms with Crippen molar-refractivity contribution in [1.29, 1.82) is 0 Å². The second-order valence-corrected chi connectivity index (χ2v) is 27.2. The number of carbonyl (C=O) groups is 4. The number of amides is 3. The number of terminal acetylenes is 2. The van der Waals surface area contributed by atoms with Gasteiger partial charge < -0.3 is 34.2 Å². The molecule has 3 aliphatic heterocycles. The standard InChI is InChI=1S/C13H23NO3Si.C10H15NO3.C8H13NO3.C5H10Si/c1-12(2,3)17-11(15)14-9-13(16,10-14)7-8-18(4,5)6;1-5-10(13)6-11(7-10)8(12)14-9(2,3)4;1-8(2,3)12-7(11)9-4-6(10)5-9;1-5-6(2,3)4/h16H,9-10H2,1-6H3;1,13H,6-7H2,2-4H3;4-5H2,1-3H3;1H,2-4H3. The first-order valence-corrected chi connectivity index (χ1v) is 23.5. The normalized spacial score (nSPS) is 17.5. The van der Waals surface area contributed by atoms with Crippen LogP contribution in [0.4, 0.5) is 14.4 Å². The number of ketones is 1. The molecule has 2 N–H and O–H groups in total. The van der Waals surface area contributed by atoms with Crippen LogP contribution < -0.4 is 0 Å². The highest BCUT2D eigenvalue weighted by atomic mass is 28.3. The highest BCUT2D eigenvalue weighted by molar-refractivity contribution is 6.84. The molecule has 3 aliphatic rings. The number of β-amino-alcohol motifs (C(OH)–C–C–N with tert-alkyl or cyclic N) is 2. The first-order valence-electron chi connectivity index (χ1n) is 16.5. The van der Waals surface area contributed by atoms with Crippen molar-refractivity contribution in [1.82, 2.24) is 14.7 Å². The van der Waals surface area contributed by atoms with E-state index >= 15 is 0 Å². The minimum Gasteiger partial charge on any atom is -0.444 e. The van der Waals surface area contributed by atoms with Crippen LogP contribution >= 0.6 is 0 Å². The van der Waals surface area contributed by atoms with Gasteiger partial charge in [0.1, 0.15) is 33.0 Å². The maximum Gasteiger partial charge on any atom is 0.411 e. The molecule has 282 valence electrons. The molecule has 0 aromatic carbocycles. The van der Waals surface area contributed by atoms with E-state index in [-0.39, 0.29) is 51.1 Å². The molecule has 3 saturated heterocycles. The number of rotatable bonds is 0. The molecule has 0 aromatic rings. The van der Waals surface area contributed by atoms with Crippen LogP contribution in [0.2, 0.25) is 39.3 Å². The monoisotopic (exact) mass is 735 g/mol. The number of nitrogens with zero attached hydrogens (tertiary/aromatic N) is 3. The molecule has 14 heteroatoms. The van der Waals surface area contributed by atoms with E-state index in [4.69, 9.17) is 27.1 Å². The Balaban J connectivity index is 0.000000677. The molecule has 3 fully saturated rings. The van der Waals surface area contributed by atoms with Gasteiger partial charge in [-0.3, -0.25) is 9.69 Å². The minimum absolute atomic E-state index is 0.0841. The fourth-order valence-electron chi connectivity index (χ4n) is 3.39. The maximum absolute atomic E-state index is 11.7. The van der Waals surface area contributed by atoms with E-state index in [9.17, 15) is 29.4 Å². The van der Waals surface area contributed by atoms with Gasteiger partial charge in [-0.1, -0.05) is 51.1 Å². The number of hydrogen-bond donors (Lipinski definition) is 2. The lowest BCUT2D eigenvalue weighted by molar-refractivity contribution is -0.128. The van der Waals surface area contributed by atoms with Crippen molar-refractivity contribution < 1.29 is 43.6 Å². The van der Waals surface area contributed by atoms with Gasteiger partial charge in [0.05, 0.1) is 39.3 Å². The number of likely N-dealkylation sites (tertiary alicyclic amines) is 3. The molecule has 3 amide bonds. The molecule has 0 aliphatic carbocycles. The van der Waals surface area contributed by atoms with Crippen LogP contribution in [0.1, 0.15) is 62.3 Å². The Hall–Kier alpha value is -3.49. The topological polar surface area (TPSA) is 146 Å². The Morgan fingerprint density at radius 3 is 1.18 bits per heavy atom. The van der Waals surface area contributed by atoms with Crippen LogP contribution in [0.5, 0.6) is 0 Å². The molecule has 0 bridgehead atoms. The zero-order valence-electron chi connectivity index (χ0n) is 33.0. The van der Waals surface area contributed by atoms with Gasteiger partial charge in [0.15, 0.2) is 17.0 Å². The molecular weight excluding hydrogens is 675 g/mol. The van der Waals surface area contributed by atoms with Gasteiger partial charge in [-0.2, -0.15) is 0 Å². The van der Waals surface area contributed by atoms with Crippen molar-refractivity contribution in [2.75, 3.05) is 39.3 Å². The Kier molecular flexibility index (Phi) is 16.0. The van der Waals surface area contributed by atoms with Crippen molar-refractivity contribution in [3.63, 3.8) is 0 Å². The van der Waals surface area contributed by atoms with Gasteiger partial charge in [-0.15, -0.1) is 23.9 Å². The summed E-state index contributed by atoms with van der Waals surface area (Å²) in [6.07, 6.45) is 8.98. The summed E-state index contributed by atoms with van der Waals surface area (Å²) in [6, 6.07) is 0. The summed E-state index contributed by atoms with van der Waals surface area (Å²) in [5.41, 5.74) is 2.18. The molecule has 0 radical (unpaired) electrons. The summed E-state index contributed by atoms with van der Waals surface area (Å²) in [6.45, 7) is 30.2. The smallest absolute Gasteiger partial charge is 0.411 e. The third kappa shape index (κ3) is 20.3. The van der Waals surface area contributed by atoms with Crippen LogP contribution in [0.25, 0.3) is 0 Å². The predicted molar refractivity (Wildman–Crippen MR) is 200 cm³/mol. The number of hydrogen-bond acceptors (Lipinski definition) is 9. The Morgan fingerprint density at radius 1 is 0.640 bits per heavy atom. The van der Waals surface area contributed by atoms with Gasteiger partial charge in [-0.05, 0) is 62.3 Å². The van der Waals surface area contributed by atoms with Crippen LogP contribution in [0.3, 0.4) is 0 Å². The van der Waals surface area contributed by atoms with E-state index in [1.54, 1.807) is 41.5 Å². The van der Waals surface area contributed by atoms with Gasteiger partial charge >= 0.3 is 18.3 Å². The molecule has 50 heavy (non-hydrogen) atoms. The van der Waals surface area contributed by atoms with Crippen molar-refractivity contribution in [3.05, 3.63) is 0 Å². The lowest BCUT2D eigenvalue weighted by Crippen LogP contribution is -2.63. The van der Waals surface area contributed by atoms with Crippen LogP contribution in [0.15, 0.2) is 0 Å². The Bertz CT molecular complexity index is 1350. The fourth-order valence-corrected chi connectivity index (χ4v) is 4.00. The first-order chi connectivity index (χ1) is 22.1. The summed E-state index contributed by atoms with van der Waals surface area (Å²) in [5.74, 6) is 5.22. The van der Waals surface area contributed by atoms with E-state index < -0.39 is 56.3 Å². The van der Waals surface area contributed by atoms with Gasteiger partial charge in [0.25, 0.3) is 0 Å². The summed E-state index contributed by atoms with van der Waals surface area (Å²) < 4.78 is 15.3. The predicted octanol–water partition coefficient (Wildman–Crippen LogP) is 4.75.